The van der Waals surface area contributed by atoms with Gasteiger partial charge in [0.25, 0.3) is 0 Å². The van der Waals surface area contributed by atoms with E-state index in [1.807, 2.05) is 0 Å². The quantitative estimate of drug-likeness (QED) is 0.571. The summed E-state index contributed by atoms with van der Waals surface area (Å²) in [5.74, 6) is -6.33. The van der Waals surface area contributed by atoms with Crippen molar-refractivity contribution in [3.63, 3.8) is 0 Å². The Morgan fingerprint density at radius 3 is 2.23 bits per heavy atom. The fourth-order valence-corrected chi connectivity index (χ4v) is 1.35. The van der Waals surface area contributed by atoms with E-state index in [4.69, 9.17) is 5.11 Å². The summed E-state index contributed by atoms with van der Waals surface area (Å²) in [5.41, 5.74) is -2.40. The second kappa shape index (κ2) is 3.19. The zero-order valence-corrected chi connectivity index (χ0v) is 6.89. The van der Waals surface area contributed by atoms with Crippen LogP contribution in [0.25, 0.3) is 0 Å². The number of rotatable bonds is 2. The van der Waals surface area contributed by atoms with Gasteiger partial charge in [0.15, 0.2) is 0 Å². The molecule has 0 amide bonds. The van der Waals surface area contributed by atoms with Crippen LogP contribution in [-0.4, -0.2) is 40.8 Å². The van der Waals surface area contributed by atoms with Crippen LogP contribution >= 0.6 is 0 Å². The number of piperidine rings is 1. The van der Waals surface area contributed by atoms with Crippen LogP contribution in [0.3, 0.4) is 0 Å². The van der Waals surface area contributed by atoms with Crippen LogP contribution in [0.2, 0.25) is 0 Å². The third-order valence-corrected chi connectivity index (χ3v) is 2.28. The molecule has 0 aliphatic carbocycles. The van der Waals surface area contributed by atoms with Crippen LogP contribution in [-0.2, 0) is 4.79 Å². The van der Waals surface area contributed by atoms with Gasteiger partial charge >= 0.3 is 11.9 Å². The summed E-state index contributed by atoms with van der Waals surface area (Å²) in [6.45, 7) is 0.415. The number of alkyl halides is 2. The molecule has 0 aromatic rings. The Bertz CT molecular complexity index is 214. The van der Waals surface area contributed by atoms with Crippen molar-refractivity contribution in [1.82, 2.24) is 5.32 Å². The lowest BCUT2D eigenvalue weighted by Gasteiger charge is -2.36. The number of carboxylic acids is 1. The van der Waals surface area contributed by atoms with Gasteiger partial charge in [-0.25, -0.2) is 4.79 Å². The van der Waals surface area contributed by atoms with E-state index in [0.29, 0.717) is 0 Å². The molecule has 1 rings (SSSR count). The van der Waals surface area contributed by atoms with E-state index in [1.165, 1.54) is 0 Å². The molecule has 0 aromatic carbocycles. The van der Waals surface area contributed by atoms with Crippen molar-refractivity contribution in [1.29, 1.82) is 0 Å². The van der Waals surface area contributed by atoms with Gasteiger partial charge < -0.3 is 15.5 Å². The molecule has 0 aromatic heterocycles. The van der Waals surface area contributed by atoms with Crippen molar-refractivity contribution in [2.45, 2.75) is 24.4 Å². The Morgan fingerprint density at radius 2 is 1.85 bits per heavy atom. The predicted molar refractivity (Wildman–Crippen MR) is 39.6 cm³/mol. The van der Waals surface area contributed by atoms with Crippen molar-refractivity contribution >= 4 is 5.97 Å². The molecular weight excluding hydrogens is 184 g/mol. The summed E-state index contributed by atoms with van der Waals surface area (Å²) >= 11 is 0. The number of hydrogen-bond acceptors (Lipinski definition) is 3. The SMILES string of the molecule is O=C(O)C(F)(F)C1(O)CCNCC1. The fourth-order valence-electron chi connectivity index (χ4n) is 1.35. The minimum atomic E-state index is -4.06. The van der Waals surface area contributed by atoms with E-state index >= 15 is 0 Å². The van der Waals surface area contributed by atoms with Crippen molar-refractivity contribution in [3.8, 4) is 0 Å². The highest BCUT2D eigenvalue weighted by Crippen LogP contribution is 2.35. The Hall–Kier alpha value is -0.750. The minimum absolute atomic E-state index is 0.208. The number of carbonyl (C=O) groups is 1. The molecule has 0 saturated carbocycles. The molecule has 1 heterocycles. The zero-order chi connectivity index (χ0) is 10.1. The summed E-state index contributed by atoms with van der Waals surface area (Å²) in [6.07, 6.45) is -0.487. The van der Waals surface area contributed by atoms with Gasteiger partial charge in [0, 0.05) is 0 Å². The molecule has 1 aliphatic rings. The standard InChI is InChI=1S/C7H11F2NO3/c8-7(9,5(11)12)6(13)1-3-10-4-2-6/h10,13H,1-4H2,(H,11,12). The van der Waals surface area contributed by atoms with Crippen molar-refractivity contribution in [2.75, 3.05) is 13.1 Å². The number of aliphatic carboxylic acids is 1. The second-order valence-electron chi connectivity index (χ2n) is 3.16. The highest BCUT2D eigenvalue weighted by atomic mass is 19.3. The van der Waals surface area contributed by atoms with Crippen molar-refractivity contribution in [2.24, 2.45) is 0 Å². The van der Waals surface area contributed by atoms with E-state index in [-0.39, 0.29) is 25.9 Å². The fraction of sp³-hybridized carbons (Fsp3) is 0.857. The molecule has 0 radical (unpaired) electrons. The van der Waals surface area contributed by atoms with E-state index in [2.05, 4.69) is 5.32 Å². The Balaban J connectivity index is 2.82. The number of aliphatic hydroxyl groups is 1. The first-order chi connectivity index (χ1) is 5.90. The van der Waals surface area contributed by atoms with Gasteiger partial charge in [0.05, 0.1) is 0 Å². The Labute approximate surface area is 73.6 Å². The third kappa shape index (κ3) is 1.64. The predicted octanol–water partition coefficient (Wildman–Crippen LogP) is -0.179. The largest absolute Gasteiger partial charge is 0.477 e. The summed E-state index contributed by atoms with van der Waals surface area (Å²) < 4.78 is 25.9. The lowest BCUT2D eigenvalue weighted by atomic mass is 9.86. The van der Waals surface area contributed by atoms with E-state index in [0.717, 1.165) is 0 Å². The monoisotopic (exact) mass is 195 g/mol. The molecule has 0 unspecified atom stereocenters. The molecule has 1 fully saturated rings. The van der Waals surface area contributed by atoms with Crippen molar-refractivity contribution < 1.29 is 23.8 Å². The number of carboxylic acid groups (broad SMARTS) is 1. The van der Waals surface area contributed by atoms with Gasteiger partial charge in [-0.05, 0) is 25.9 Å². The van der Waals surface area contributed by atoms with Crippen LogP contribution < -0.4 is 5.32 Å². The molecule has 13 heavy (non-hydrogen) atoms. The molecular formula is C7H11F2NO3. The molecule has 4 nitrogen and oxygen atoms in total. The third-order valence-electron chi connectivity index (χ3n) is 2.28. The first-order valence-electron chi connectivity index (χ1n) is 3.94. The van der Waals surface area contributed by atoms with Gasteiger partial charge in [-0.3, -0.25) is 0 Å². The van der Waals surface area contributed by atoms with Gasteiger partial charge in [0.1, 0.15) is 5.60 Å². The van der Waals surface area contributed by atoms with Gasteiger partial charge in [-0.1, -0.05) is 0 Å². The minimum Gasteiger partial charge on any atom is -0.477 e. The molecule has 0 atom stereocenters. The smallest absolute Gasteiger partial charge is 0.377 e. The maximum Gasteiger partial charge on any atom is 0.377 e. The van der Waals surface area contributed by atoms with Gasteiger partial charge in [-0.15, -0.1) is 0 Å². The lowest BCUT2D eigenvalue weighted by Crippen LogP contribution is -2.57. The summed E-state index contributed by atoms with van der Waals surface area (Å²) in [4.78, 5) is 10.2. The first kappa shape index (κ1) is 10.3. The van der Waals surface area contributed by atoms with E-state index < -0.39 is 17.5 Å². The van der Waals surface area contributed by atoms with Gasteiger partial charge in [-0.2, -0.15) is 8.78 Å². The summed E-state index contributed by atoms with van der Waals surface area (Å²) in [5, 5.41) is 20.4. The molecule has 0 spiro atoms. The Morgan fingerprint density at radius 1 is 1.38 bits per heavy atom. The van der Waals surface area contributed by atoms with Crippen molar-refractivity contribution in [3.05, 3.63) is 0 Å². The molecule has 1 aliphatic heterocycles. The van der Waals surface area contributed by atoms with E-state index in [9.17, 15) is 18.7 Å². The maximum absolute atomic E-state index is 12.9. The highest BCUT2D eigenvalue weighted by molar-refractivity contribution is 5.77. The average Bonchev–Trinajstić information content (AvgIpc) is 2.05. The number of nitrogens with one attached hydrogen (secondary N) is 1. The zero-order valence-electron chi connectivity index (χ0n) is 6.89. The normalized spacial score (nSPS) is 22.7. The molecule has 0 bridgehead atoms. The topological polar surface area (TPSA) is 69.6 Å². The maximum atomic E-state index is 12.9. The number of hydrogen-bond donors (Lipinski definition) is 3. The van der Waals surface area contributed by atoms with Crippen LogP contribution in [0.1, 0.15) is 12.8 Å². The molecule has 6 heteroatoms. The van der Waals surface area contributed by atoms with Crippen LogP contribution in [0, 0.1) is 0 Å². The first-order valence-corrected chi connectivity index (χ1v) is 3.94. The van der Waals surface area contributed by atoms with Gasteiger partial charge in [0.2, 0.25) is 0 Å². The highest BCUT2D eigenvalue weighted by Gasteiger charge is 2.58. The second-order valence-corrected chi connectivity index (χ2v) is 3.16. The summed E-state index contributed by atoms with van der Waals surface area (Å²) in [7, 11) is 0. The van der Waals surface area contributed by atoms with Crippen LogP contribution in [0.4, 0.5) is 8.78 Å². The van der Waals surface area contributed by atoms with E-state index in [1.54, 1.807) is 0 Å². The lowest BCUT2D eigenvalue weighted by molar-refractivity contribution is -0.214. The average molecular weight is 195 g/mol. The van der Waals surface area contributed by atoms with Crippen LogP contribution in [0.5, 0.6) is 0 Å². The Kier molecular flexibility index (Phi) is 2.53. The molecule has 76 valence electrons. The molecule has 3 N–H and O–H groups in total. The summed E-state index contributed by atoms with van der Waals surface area (Å²) in [6, 6.07) is 0. The number of halogens is 2. The molecule has 1 saturated heterocycles. The van der Waals surface area contributed by atoms with Crippen LogP contribution in [0.15, 0.2) is 0 Å².